The van der Waals surface area contributed by atoms with Crippen LogP contribution in [0.3, 0.4) is 0 Å². The van der Waals surface area contributed by atoms with E-state index < -0.39 is 38.0 Å². The fraction of sp³-hybridized carbons (Fsp3) is 0.462. The van der Waals surface area contributed by atoms with Crippen LogP contribution in [0.1, 0.15) is 18.6 Å². The van der Waals surface area contributed by atoms with Crippen LogP contribution < -0.4 is 5.32 Å². The predicted octanol–water partition coefficient (Wildman–Crippen LogP) is 2.13. The highest BCUT2D eigenvalue weighted by Crippen LogP contribution is 2.19. The van der Waals surface area contributed by atoms with E-state index in [0.717, 1.165) is 0 Å². The first-order valence-corrected chi connectivity index (χ1v) is 6.24. The topological polar surface area (TPSA) is 72.8 Å². The van der Waals surface area contributed by atoms with Gasteiger partial charge < -0.3 is 20.4 Å². The van der Waals surface area contributed by atoms with Gasteiger partial charge in [0.15, 0.2) is 0 Å². The molecule has 2 amide bonds. The van der Waals surface area contributed by atoms with Gasteiger partial charge in [-0.25, -0.2) is 4.79 Å². The van der Waals surface area contributed by atoms with Crippen LogP contribution in [0.25, 0.3) is 0 Å². The van der Waals surface area contributed by atoms with E-state index >= 15 is 0 Å². The van der Waals surface area contributed by atoms with Gasteiger partial charge in [-0.05, 0) is 24.6 Å². The lowest BCUT2D eigenvalue weighted by Gasteiger charge is -2.23. The Labute approximate surface area is 120 Å². The fourth-order valence-electron chi connectivity index (χ4n) is 1.67. The SMILES string of the molecule is CC(O)c1cccc(NC(=O)N(CCO)CC(F)(F)F)c1. The molecule has 0 aliphatic rings. The minimum Gasteiger partial charge on any atom is -0.395 e. The molecule has 1 rings (SSSR count). The number of rotatable bonds is 5. The monoisotopic (exact) mass is 306 g/mol. The number of carbonyl (C=O) groups is 1. The number of carbonyl (C=O) groups excluding carboxylic acids is 1. The average Bonchev–Trinajstić information content (AvgIpc) is 2.37. The Balaban J connectivity index is 2.79. The summed E-state index contributed by atoms with van der Waals surface area (Å²) in [6, 6.07) is 5.19. The highest BCUT2D eigenvalue weighted by molar-refractivity contribution is 5.89. The zero-order valence-corrected chi connectivity index (χ0v) is 11.4. The number of benzene rings is 1. The minimum absolute atomic E-state index is 0.267. The van der Waals surface area contributed by atoms with Crippen molar-refractivity contribution >= 4 is 11.7 Å². The summed E-state index contributed by atoms with van der Waals surface area (Å²) in [5.74, 6) is 0. The van der Waals surface area contributed by atoms with E-state index in [1.54, 1.807) is 12.1 Å². The smallest absolute Gasteiger partial charge is 0.395 e. The molecule has 0 fully saturated rings. The number of nitrogens with zero attached hydrogens (tertiary/aromatic N) is 1. The molecule has 1 aromatic carbocycles. The van der Waals surface area contributed by atoms with Gasteiger partial charge in [-0.2, -0.15) is 13.2 Å². The third-order valence-corrected chi connectivity index (χ3v) is 2.65. The van der Waals surface area contributed by atoms with Crippen molar-refractivity contribution in [1.29, 1.82) is 0 Å². The van der Waals surface area contributed by atoms with Crippen molar-refractivity contribution in [2.24, 2.45) is 0 Å². The number of halogens is 3. The first-order chi connectivity index (χ1) is 9.73. The zero-order chi connectivity index (χ0) is 16.0. The minimum atomic E-state index is -4.55. The van der Waals surface area contributed by atoms with E-state index in [4.69, 9.17) is 5.11 Å². The molecule has 0 aliphatic heterocycles. The van der Waals surface area contributed by atoms with Gasteiger partial charge in [0, 0.05) is 12.2 Å². The van der Waals surface area contributed by atoms with Gasteiger partial charge in [0.05, 0.1) is 12.7 Å². The van der Waals surface area contributed by atoms with Crippen molar-refractivity contribution in [1.82, 2.24) is 4.90 Å². The molecule has 0 radical (unpaired) electrons. The van der Waals surface area contributed by atoms with E-state index in [1.165, 1.54) is 19.1 Å². The van der Waals surface area contributed by atoms with Crippen LogP contribution >= 0.6 is 0 Å². The lowest BCUT2D eigenvalue weighted by Crippen LogP contribution is -2.43. The molecule has 8 heteroatoms. The molecule has 3 N–H and O–H groups in total. The molecule has 21 heavy (non-hydrogen) atoms. The Kier molecular flexibility index (Phi) is 5.98. The van der Waals surface area contributed by atoms with Crippen LogP contribution in [-0.2, 0) is 0 Å². The fourth-order valence-corrected chi connectivity index (χ4v) is 1.67. The van der Waals surface area contributed by atoms with Crippen LogP contribution in [0.2, 0.25) is 0 Å². The third-order valence-electron chi connectivity index (χ3n) is 2.65. The maximum Gasteiger partial charge on any atom is 0.406 e. The Hall–Kier alpha value is -1.80. The summed E-state index contributed by atoms with van der Waals surface area (Å²) in [5, 5.41) is 20.5. The second-order valence-corrected chi connectivity index (χ2v) is 4.49. The largest absolute Gasteiger partial charge is 0.406 e. The Morgan fingerprint density at radius 3 is 2.62 bits per heavy atom. The summed E-state index contributed by atoms with van der Waals surface area (Å²) in [7, 11) is 0. The van der Waals surface area contributed by atoms with Crippen molar-refractivity contribution in [3.05, 3.63) is 29.8 Å². The number of aliphatic hydroxyl groups is 2. The molecule has 1 atom stereocenters. The molecule has 1 aromatic rings. The Morgan fingerprint density at radius 1 is 1.43 bits per heavy atom. The molecule has 0 heterocycles. The normalized spacial score (nSPS) is 12.9. The van der Waals surface area contributed by atoms with E-state index in [-0.39, 0.29) is 5.69 Å². The number of urea groups is 1. The number of amides is 2. The van der Waals surface area contributed by atoms with Crippen LogP contribution in [0, 0.1) is 0 Å². The van der Waals surface area contributed by atoms with Gasteiger partial charge in [-0.15, -0.1) is 0 Å². The molecule has 0 spiro atoms. The Bertz CT molecular complexity index is 478. The number of nitrogens with one attached hydrogen (secondary N) is 1. The molecule has 5 nitrogen and oxygen atoms in total. The van der Waals surface area contributed by atoms with Crippen LogP contribution in [0.4, 0.5) is 23.7 Å². The van der Waals surface area contributed by atoms with E-state index in [2.05, 4.69) is 5.32 Å². The van der Waals surface area contributed by atoms with Gasteiger partial charge >= 0.3 is 12.2 Å². The Morgan fingerprint density at radius 2 is 2.10 bits per heavy atom. The van der Waals surface area contributed by atoms with Gasteiger partial charge in [-0.3, -0.25) is 0 Å². The van der Waals surface area contributed by atoms with Crippen LogP contribution in [0.5, 0.6) is 0 Å². The predicted molar refractivity (Wildman–Crippen MR) is 70.8 cm³/mol. The first-order valence-electron chi connectivity index (χ1n) is 6.24. The summed E-state index contributed by atoms with van der Waals surface area (Å²) in [5.41, 5.74) is 0.792. The summed E-state index contributed by atoms with van der Waals surface area (Å²) >= 11 is 0. The molecular weight excluding hydrogens is 289 g/mol. The number of alkyl halides is 3. The van der Waals surface area contributed by atoms with Crippen molar-refractivity contribution in [3.63, 3.8) is 0 Å². The summed E-state index contributed by atoms with van der Waals surface area (Å²) in [6.45, 7) is -0.920. The molecular formula is C13H17F3N2O3. The van der Waals surface area contributed by atoms with E-state index in [1.807, 2.05) is 0 Å². The number of hydrogen-bond donors (Lipinski definition) is 3. The second kappa shape index (κ2) is 7.28. The summed E-state index contributed by atoms with van der Waals surface area (Å²) in [6.07, 6.45) is -5.31. The molecule has 1 unspecified atom stereocenters. The number of aliphatic hydroxyl groups excluding tert-OH is 2. The molecule has 0 bridgehead atoms. The maximum absolute atomic E-state index is 12.4. The van der Waals surface area contributed by atoms with E-state index in [9.17, 15) is 23.1 Å². The highest BCUT2D eigenvalue weighted by Gasteiger charge is 2.32. The molecule has 0 aromatic heterocycles. The molecule has 118 valence electrons. The molecule has 0 aliphatic carbocycles. The lowest BCUT2D eigenvalue weighted by molar-refractivity contribution is -0.140. The lowest BCUT2D eigenvalue weighted by atomic mass is 10.1. The van der Waals surface area contributed by atoms with Crippen LogP contribution in [-0.4, -0.2) is 47.0 Å². The summed E-state index contributed by atoms with van der Waals surface area (Å²) in [4.78, 5) is 12.3. The highest BCUT2D eigenvalue weighted by atomic mass is 19.4. The van der Waals surface area contributed by atoms with Gasteiger partial charge in [-0.1, -0.05) is 12.1 Å². The zero-order valence-electron chi connectivity index (χ0n) is 11.4. The first kappa shape index (κ1) is 17.3. The number of anilines is 1. The maximum atomic E-state index is 12.4. The van der Waals surface area contributed by atoms with Gasteiger partial charge in [0.1, 0.15) is 6.54 Å². The molecule has 0 saturated carbocycles. The van der Waals surface area contributed by atoms with E-state index in [0.29, 0.717) is 10.5 Å². The van der Waals surface area contributed by atoms with Crippen molar-refractivity contribution < 1.29 is 28.2 Å². The van der Waals surface area contributed by atoms with Crippen molar-refractivity contribution in [2.45, 2.75) is 19.2 Å². The van der Waals surface area contributed by atoms with Crippen molar-refractivity contribution in [2.75, 3.05) is 25.0 Å². The van der Waals surface area contributed by atoms with Gasteiger partial charge in [0.2, 0.25) is 0 Å². The van der Waals surface area contributed by atoms with Gasteiger partial charge in [0.25, 0.3) is 0 Å². The quantitative estimate of drug-likeness (QED) is 0.780. The number of hydrogen-bond acceptors (Lipinski definition) is 3. The third kappa shape index (κ3) is 6.01. The summed E-state index contributed by atoms with van der Waals surface area (Å²) < 4.78 is 37.1. The van der Waals surface area contributed by atoms with Crippen LogP contribution in [0.15, 0.2) is 24.3 Å². The average molecular weight is 306 g/mol. The van der Waals surface area contributed by atoms with Crippen molar-refractivity contribution in [3.8, 4) is 0 Å². The second-order valence-electron chi connectivity index (χ2n) is 4.49. The standard InChI is InChI=1S/C13H17F3N2O3/c1-9(20)10-3-2-4-11(7-10)17-12(21)18(5-6-19)8-13(14,15)16/h2-4,7,9,19-20H,5-6,8H2,1H3,(H,17,21). The molecule has 0 saturated heterocycles.